The van der Waals surface area contributed by atoms with E-state index in [4.69, 9.17) is 0 Å². The summed E-state index contributed by atoms with van der Waals surface area (Å²) in [6.45, 7) is 3.29. The van der Waals surface area contributed by atoms with Crippen molar-refractivity contribution >= 4 is 38.3 Å². The molecule has 1 heterocycles. The number of benzene rings is 2. The van der Waals surface area contributed by atoms with Crippen molar-refractivity contribution in [3.8, 4) is 0 Å². The summed E-state index contributed by atoms with van der Waals surface area (Å²) in [5.41, 5.74) is 2.21. The summed E-state index contributed by atoms with van der Waals surface area (Å²) in [7, 11) is 0. The molecule has 1 aromatic heterocycles. The number of fused-ring (bicyclic) bond motifs is 1. The van der Waals surface area contributed by atoms with Gasteiger partial charge in [-0.25, -0.2) is 4.98 Å². The number of amides is 1. The van der Waals surface area contributed by atoms with Crippen LogP contribution >= 0.6 is 11.3 Å². The number of hydrogen-bond donors (Lipinski definition) is 2. The SMILES string of the molecule is CC(O)=C(N=Nc1ccccc1C)C(=O)Nc1nc2ccccc2s1. The number of azo groups is 1. The second-order valence-corrected chi connectivity index (χ2v) is 6.39. The third kappa shape index (κ3) is 3.89. The van der Waals surface area contributed by atoms with E-state index in [2.05, 4.69) is 20.5 Å². The lowest BCUT2D eigenvalue weighted by Crippen LogP contribution is -2.14. The fourth-order valence-electron chi connectivity index (χ4n) is 2.14. The van der Waals surface area contributed by atoms with Crippen molar-refractivity contribution < 1.29 is 9.90 Å². The van der Waals surface area contributed by atoms with E-state index in [9.17, 15) is 9.90 Å². The number of aliphatic hydroxyl groups is 1. The van der Waals surface area contributed by atoms with Crippen LogP contribution in [-0.2, 0) is 4.79 Å². The summed E-state index contributed by atoms with van der Waals surface area (Å²) in [5, 5.41) is 20.9. The highest BCUT2D eigenvalue weighted by Crippen LogP contribution is 2.26. The van der Waals surface area contributed by atoms with Gasteiger partial charge in [-0.3, -0.25) is 10.1 Å². The smallest absolute Gasteiger partial charge is 0.281 e. The number of thiazole rings is 1. The normalized spacial score (nSPS) is 12.4. The number of para-hydroxylation sites is 1. The van der Waals surface area contributed by atoms with Crippen LogP contribution < -0.4 is 5.32 Å². The van der Waals surface area contributed by atoms with E-state index in [0.29, 0.717) is 10.8 Å². The summed E-state index contributed by atoms with van der Waals surface area (Å²) in [6.07, 6.45) is 0. The molecule has 126 valence electrons. The van der Waals surface area contributed by atoms with Crippen LogP contribution in [0.15, 0.2) is 70.2 Å². The topological polar surface area (TPSA) is 86.9 Å². The van der Waals surface area contributed by atoms with Crippen LogP contribution in [-0.4, -0.2) is 16.0 Å². The maximum Gasteiger partial charge on any atom is 0.281 e. The van der Waals surface area contributed by atoms with E-state index in [1.165, 1.54) is 18.3 Å². The van der Waals surface area contributed by atoms with Gasteiger partial charge in [0.1, 0.15) is 5.76 Å². The molecule has 0 spiro atoms. The predicted octanol–water partition coefficient (Wildman–Crippen LogP) is 5.12. The summed E-state index contributed by atoms with van der Waals surface area (Å²) >= 11 is 1.35. The molecular weight excluding hydrogens is 336 g/mol. The molecule has 0 aliphatic carbocycles. The molecule has 0 saturated carbocycles. The number of nitrogens with zero attached hydrogens (tertiary/aromatic N) is 3. The second kappa shape index (κ2) is 7.23. The van der Waals surface area contributed by atoms with Crippen molar-refractivity contribution in [3.63, 3.8) is 0 Å². The van der Waals surface area contributed by atoms with Crippen LogP contribution in [0.2, 0.25) is 0 Å². The van der Waals surface area contributed by atoms with Crippen molar-refractivity contribution in [1.82, 2.24) is 4.98 Å². The van der Waals surface area contributed by atoms with Crippen LogP contribution in [0.5, 0.6) is 0 Å². The lowest BCUT2D eigenvalue weighted by molar-refractivity contribution is -0.113. The van der Waals surface area contributed by atoms with Crippen LogP contribution in [0.1, 0.15) is 12.5 Å². The number of rotatable bonds is 4. The van der Waals surface area contributed by atoms with Crippen molar-refractivity contribution in [1.29, 1.82) is 0 Å². The molecule has 0 atom stereocenters. The van der Waals surface area contributed by atoms with Crippen molar-refractivity contribution in [3.05, 3.63) is 65.6 Å². The molecule has 2 aromatic carbocycles. The van der Waals surface area contributed by atoms with Gasteiger partial charge in [0.05, 0.1) is 15.9 Å². The van der Waals surface area contributed by atoms with Gasteiger partial charge in [-0.1, -0.05) is 41.7 Å². The van der Waals surface area contributed by atoms with E-state index < -0.39 is 5.91 Å². The number of anilines is 1. The van der Waals surface area contributed by atoms with Gasteiger partial charge < -0.3 is 5.11 Å². The highest BCUT2D eigenvalue weighted by molar-refractivity contribution is 7.22. The average molecular weight is 352 g/mol. The lowest BCUT2D eigenvalue weighted by Gasteiger charge is -2.03. The number of aromatic nitrogens is 1. The number of hydrogen-bond acceptors (Lipinski definition) is 6. The third-order valence-electron chi connectivity index (χ3n) is 3.45. The molecule has 2 N–H and O–H groups in total. The highest BCUT2D eigenvalue weighted by Gasteiger charge is 2.15. The van der Waals surface area contributed by atoms with Gasteiger partial charge in [0, 0.05) is 0 Å². The number of carbonyl (C=O) groups is 1. The molecule has 3 aromatic rings. The number of carbonyl (C=O) groups excluding carboxylic acids is 1. The van der Waals surface area contributed by atoms with Gasteiger partial charge in [0.15, 0.2) is 10.8 Å². The quantitative estimate of drug-likeness (QED) is 0.388. The second-order valence-electron chi connectivity index (χ2n) is 5.36. The molecule has 0 aliphatic heterocycles. The number of aliphatic hydroxyl groups excluding tert-OH is 1. The molecule has 0 saturated heterocycles. The Morgan fingerprint density at radius 2 is 1.88 bits per heavy atom. The van der Waals surface area contributed by atoms with Gasteiger partial charge in [-0.05, 0) is 37.6 Å². The zero-order valence-corrected chi connectivity index (χ0v) is 14.5. The Kier molecular flexibility index (Phi) is 4.85. The Hall–Kier alpha value is -3.06. The van der Waals surface area contributed by atoms with Gasteiger partial charge in [0.25, 0.3) is 5.91 Å². The molecule has 0 radical (unpaired) electrons. The Bertz CT molecular complexity index is 954. The third-order valence-corrected chi connectivity index (χ3v) is 4.40. The van der Waals surface area contributed by atoms with Crippen LogP contribution in [0.4, 0.5) is 10.8 Å². The maximum absolute atomic E-state index is 12.4. The van der Waals surface area contributed by atoms with E-state index >= 15 is 0 Å². The van der Waals surface area contributed by atoms with Gasteiger partial charge in [-0.15, -0.1) is 10.2 Å². The fraction of sp³-hybridized carbons (Fsp3) is 0.111. The van der Waals surface area contributed by atoms with Gasteiger partial charge >= 0.3 is 0 Å². The van der Waals surface area contributed by atoms with Crippen LogP contribution in [0.25, 0.3) is 10.2 Å². The average Bonchev–Trinajstić information content (AvgIpc) is 2.98. The molecule has 7 heteroatoms. The Morgan fingerprint density at radius 1 is 1.16 bits per heavy atom. The van der Waals surface area contributed by atoms with E-state index in [0.717, 1.165) is 15.8 Å². The van der Waals surface area contributed by atoms with Gasteiger partial charge in [-0.2, -0.15) is 0 Å². The van der Waals surface area contributed by atoms with Crippen molar-refractivity contribution in [2.45, 2.75) is 13.8 Å². The van der Waals surface area contributed by atoms with Crippen molar-refractivity contribution in [2.75, 3.05) is 5.32 Å². The molecule has 3 rings (SSSR count). The Labute approximate surface area is 148 Å². The first-order valence-electron chi connectivity index (χ1n) is 7.59. The molecule has 1 amide bonds. The first-order chi connectivity index (χ1) is 12.0. The minimum atomic E-state index is -0.559. The summed E-state index contributed by atoms with van der Waals surface area (Å²) < 4.78 is 0.964. The molecule has 0 unspecified atom stereocenters. The standard InChI is InChI=1S/C18H16N4O2S/c1-11-7-3-4-8-13(11)21-22-16(12(2)23)17(24)20-18-19-14-9-5-6-10-15(14)25-18/h3-10,23H,1-2H3,(H,19,20,24). The molecule has 0 bridgehead atoms. The van der Waals surface area contributed by atoms with E-state index in [1.54, 1.807) is 6.07 Å². The molecule has 0 fully saturated rings. The summed E-state index contributed by atoms with van der Waals surface area (Å²) in [5.74, 6) is -0.771. The monoisotopic (exact) mass is 352 g/mol. The van der Waals surface area contributed by atoms with E-state index in [1.807, 2.05) is 49.4 Å². The largest absolute Gasteiger partial charge is 0.510 e. The van der Waals surface area contributed by atoms with E-state index in [-0.39, 0.29) is 11.5 Å². The molecule has 25 heavy (non-hydrogen) atoms. The fourth-order valence-corrected chi connectivity index (χ4v) is 3.00. The number of allylic oxidation sites excluding steroid dienone is 1. The predicted molar refractivity (Wildman–Crippen MR) is 99.3 cm³/mol. The zero-order valence-electron chi connectivity index (χ0n) is 13.7. The highest BCUT2D eigenvalue weighted by atomic mass is 32.1. The number of aryl methyl sites for hydroxylation is 1. The number of nitrogens with one attached hydrogen (secondary N) is 1. The van der Waals surface area contributed by atoms with Crippen LogP contribution in [0, 0.1) is 6.92 Å². The molecule has 6 nitrogen and oxygen atoms in total. The molecule has 0 aliphatic rings. The minimum absolute atomic E-state index is 0.150. The minimum Gasteiger partial charge on any atom is -0.510 e. The first-order valence-corrected chi connectivity index (χ1v) is 8.40. The maximum atomic E-state index is 12.4. The lowest BCUT2D eigenvalue weighted by atomic mass is 10.2. The Balaban J connectivity index is 1.82. The van der Waals surface area contributed by atoms with Gasteiger partial charge in [0.2, 0.25) is 0 Å². The van der Waals surface area contributed by atoms with Crippen LogP contribution in [0.3, 0.4) is 0 Å². The summed E-state index contributed by atoms with van der Waals surface area (Å²) in [6, 6.07) is 15.0. The molecular formula is C18H16N4O2S. The van der Waals surface area contributed by atoms with Crippen molar-refractivity contribution in [2.24, 2.45) is 10.2 Å². The summed E-state index contributed by atoms with van der Waals surface area (Å²) in [4.78, 5) is 16.8. The Morgan fingerprint density at radius 3 is 2.60 bits per heavy atom. The first kappa shape index (κ1) is 16.8. The zero-order chi connectivity index (χ0) is 17.8.